The van der Waals surface area contributed by atoms with E-state index in [1.54, 1.807) is 12.1 Å². The molecule has 0 aliphatic heterocycles. The molecule has 0 radical (unpaired) electrons. The molecule has 0 bridgehead atoms. The summed E-state index contributed by atoms with van der Waals surface area (Å²) >= 11 is 0. The quantitative estimate of drug-likeness (QED) is 0.669. The lowest BCUT2D eigenvalue weighted by atomic mass is 10.1. The van der Waals surface area contributed by atoms with E-state index in [4.69, 9.17) is 5.26 Å². The van der Waals surface area contributed by atoms with Crippen LogP contribution < -0.4 is 4.68 Å². The Kier molecular flexibility index (Phi) is 4.26. The third kappa shape index (κ3) is 2.59. The van der Waals surface area contributed by atoms with Crippen LogP contribution in [0.25, 0.3) is 0 Å². The monoisotopic (exact) mass is 269 g/mol. The Bertz CT molecular complexity index is 650. The smallest absolute Gasteiger partial charge is 0.192 e. The predicted molar refractivity (Wildman–Crippen MR) is 75.5 cm³/mol. The molecule has 102 valence electrons. The topological polar surface area (TPSA) is 72.9 Å². The summed E-state index contributed by atoms with van der Waals surface area (Å²) in [4.78, 5) is 11.0. The Morgan fingerprint density at radius 2 is 1.95 bits per heavy atom. The molecule has 1 aromatic carbocycles. The summed E-state index contributed by atoms with van der Waals surface area (Å²) in [5.41, 5.74) is 4.03. The maximum atomic E-state index is 11.0. The molecule has 2 aromatic rings. The van der Waals surface area contributed by atoms with Gasteiger partial charge >= 0.3 is 0 Å². The molecule has 1 aromatic heterocycles. The van der Waals surface area contributed by atoms with Crippen LogP contribution in [0.4, 0.5) is 5.69 Å². The molecule has 0 aliphatic carbocycles. The predicted octanol–water partition coefficient (Wildman–Crippen LogP) is 2.74. The summed E-state index contributed by atoms with van der Waals surface area (Å²) < 4.78 is 1.96. The molecule has 0 atom stereocenters. The van der Waals surface area contributed by atoms with E-state index in [0.717, 1.165) is 29.8 Å². The van der Waals surface area contributed by atoms with Crippen molar-refractivity contribution < 1.29 is 4.68 Å². The molecule has 0 saturated carbocycles. The number of nitrogens with one attached hydrogen (secondary N) is 1. The van der Waals surface area contributed by atoms with Crippen molar-refractivity contribution in [2.75, 3.05) is 0 Å². The number of rotatable bonds is 5. The summed E-state index contributed by atoms with van der Waals surface area (Å²) in [5.74, 6) is 0. The molecule has 0 spiro atoms. The zero-order chi connectivity index (χ0) is 14.5. The third-order valence-corrected chi connectivity index (χ3v) is 3.36. The van der Waals surface area contributed by atoms with Crippen molar-refractivity contribution in [2.45, 2.75) is 33.2 Å². The molecule has 0 amide bonds. The highest BCUT2D eigenvalue weighted by Gasteiger charge is 2.23. The highest BCUT2D eigenvalue weighted by Crippen LogP contribution is 2.21. The number of aromatic amines is 1. The molecule has 20 heavy (non-hydrogen) atoms. The van der Waals surface area contributed by atoms with E-state index in [1.807, 2.05) is 30.7 Å². The second-order valence-corrected chi connectivity index (χ2v) is 4.58. The van der Waals surface area contributed by atoms with Crippen molar-refractivity contribution >= 4 is 5.69 Å². The molecule has 0 aliphatic rings. The lowest BCUT2D eigenvalue weighted by Gasteiger charge is -1.97. The number of nitriles is 1. The number of hydrogen-bond donors (Lipinski definition) is 1. The van der Waals surface area contributed by atoms with Gasteiger partial charge in [-0.3, -0.25) is 0 Å². The van der Waals surface area contributed by atoms with Crippen molar-refractivity contribution in [3.8, 4) is 6.07 Å². The maximum Gasteiger partial charge on any atom is 0.237 e. The Morgan fingerprint density at radius 3 is 2.45 bits per heavy atom. The lowest BCUT2D eigenvalue weighted by Crippen LogP contribution is -2.40. The number of benzene rings is 1. The summed E-state index contributed by atoms with van der Waals surface area (Å²) in [6, 6.07) is 9.54. The molecule has 5 nitrogen and oxygen atoms in total. The zero-order valence-corrected chi connectivity index (χ0v) is 11.7. The van der Waals surface area contributed by atoms with Crippen molar-refractivity contribution in [3.63, 3.8) is 0 Å². The summed E-state index contributed by atoms with van der Waals surface area (Å²) in [7, 11) is 0. The van der Waals surface area contributed by atoms with Crippen molar-refractivity contribution in [2.24, 2.45) is 5.18 Å². The first kappa shape index (κ1) is 13.9. The van der Waals surface area contributed by atoms with Crippen LogP contribution in [0.15, 0.2) is 29.4 Å². The number of hydrogen-bond acceptors (Lipinski definition) is 3. The molecule has 0 saturated heterocycles. The van der Waals surface area contributed by atoms with Gasteiger partial charge in [0.15, 0.2) is 6.54 Å². The fraction of sp³-hybridized carbons (Fsp3) is 0.333. The van der Waals surface area contributed by atoms with Gasteiger partial charge in [-0.1, -0.05) is 26.0 Å². The van der Waals surface area contributed by atoms with Gasteiger partial charge < -0.3 is 0 Å². The van der Waals surface area contributed by atoms with Gasteiger partial charge in [-0.2, -0.15) is 10.4 Å². The average Bonchev–Trinajstić information content (AvgIpc) is 2.84. The molecule has 5 heteroatoms. The van der Waals surface area contributed by atoms with E-state index in [2.05, 4.69) is 16.3 Å². The average molecular weight is 269 g/mol. The largest absolute Gasteiger partial charge is 0.237 e. The number of nitroso groups, excluding NO2 is 1. The van der Waals surface area contributed by atoms with Crippen LogP contribution in [0.5, 0.6) is 0 Å². The second kappa shape index (κ2) is 6.11. The van der Waals surface area contributed by atoms with E-state index in [1.165, 1.54) is 0 Å². The normalized spacial score (nSPS) is 10.2. The summed E-state index contributed by atoms with van der Waals surface area (Å²) in [6.45, 7) is 4.63. The highest BCUT2D eigenvalue weighted by atomic mass is 16.3. The van der Waals surface area contributed by atoms with Gasteiger partial charge in [-0.05, 0) is 23.7 Å². The van der Waals surface area contributed by atoms with E-state index >= 15 is 0 Å². The van der Waals surface area contributed by atoms with E-state index in [-0.39, 0.29) is 0 Å². The molecule has 0 unspecified atom stereocenters. The van der Waals surface area contributed by atoms with Gasteiger partial charge in [0.2, 0.25) is 11.4 Å². The fourth-order valence-corrected chi connectivity index (χ4v) is 2.30. The third-order valence-electron chi connectivity index (χ3n) is 3.36. The Balaban J connectivity index is 2.35. The SMILES string of the molecule is CCc1[nH][n+](Cc2ccc(C#N)cc2)c(CC)c1N=O. The van der Waals surface area contributed by atoms with Gasteiger partial charge in [-0.15, -0.1) is 9.59 Å². The summed E-state index contributed by atoms with van der Waals surface area (Å²) in [5, 5.41) is 15.2. The molecular formula is C15H17N4O+. The van der Waals surface area contributed by atoms with Crippen LogP contribution in [-0.4, -0.2) is 5.10 Å². The van der Waals surface area contributed by atoms with Crippen molar-refractivity contribution in [1.29, 1.82) is 5.26 Å². The molecule has 1 N–H and O–H groups in total. The van der Waals surface area contributed by atoms with Gasteiger partial charge in [0.1, 0.15) is 5.69 Å². The van der Waals surface area contributed by atoms with Gasteiger partial charge in [-0.25, -0.2) is 0 Å². The first-order valence-corrected chi connectivity index (χ1v) is 6.69. The molecular weight excluding hydrogens is 252 g/mol. The Labute approximate surface area is 117 Å². The van der Waals surface area contributed by atoms with Crippen molar-refractivity contribution in [3.05, 3.63) is 51.7 Å². The first-order valence-electron chi connectivity index (χ1n) is 6.69. The van der Waals surface area contributed by atoms with Crippen LogP contribution in [-0.2, 0) is 19.4 Å². The number of aromatic nitrogens is 2. The molecule has 2 rings (SSSR count). The van der Waals surface area contributed by atoms with Gasteiger partial charge in [0.05, 0.1) is 11.6 Å². The minimum absolute atomic E-state index is 0.531. The lowest BCUT2D eigenvalue weighted by molar-refractivity contribution is -0.748. The molecule has 1 heterocycles. The van der Waals surface area contributed by atoms with E-state index in [0.29, 0.717) is 17.8 Å². The minimum Gasteiger partial charge on any atom is -0.192 e. The second-order valence-electron chi connectivity index (χ2n) is 4.58. The van der Waals surface area contributed by atoms with Gasteiger partial charge in [0, 0.05) is 12.0 Å². The zero-order valence-electron chi connectivity index (χ0n) is 11.7. The van der Waals surface area contributed by atoms with E-state index < -0.39 is 0 Å². The molecule has 0 fully saturated rings. The Hall–Kier alpha value is -2.48. The van der Waals surface area contributed by atoms with Crippen LogP contribution in [0.1, 0.15) is 36.4 Å². The minimum atomic E-state index is 0.531. The van der Waals surface area contributed by atoms with Crippen molar-refractivity contribution in [1.82, 2.24) is 5.10 Å². The van der Waals surface area contributed by atoms with Crippen LogP contribution >= 0.6 is 0 Å². The Morgan fingerprint density at radius 1 is 1.25 bits per heavy atom. The standard InChI is InChI=1S/C15H16N4O/c1-3-13-15(18-20)14(4-2)19(17-13)10-12-7-5-11(9-16)6-8-12/h5-8H,3-4,10H2,1-2H3/p+1. The van der Waals surface area contributed by atoms with E-state index in [9.17, 15) is 4.91 Å². The van der Waals surface area contributed by atoms with Crippen LogP contribution in [0.2, 0.25) is 0 Å². The number of aryl methyl sites for hydroxylation is 1. The summed E-state index contributed by atoms with van der Waals surface area (Å²) in [6.07, 6.45) is 1.49. The fourth-order valence-electron chi connectivity index (χ4n) is 2.30. The number of H-pyrrole nitrogens is 1. The maximum absolute atomic E-state index is 11.0. The first-order chi connectivity index (χ1) is 9.73. The highest BCUT2D eigenvalue weighted by molar-refractivity contribution is 5.44. The van der Waals surface area contributed by atoms with Gasteiger partial charge in [0.25, 0.3) is 0 Å². The van der Waals surface area contributed by atoms with Crippen LogP contribution in [0.3, 0.4) is 0 Å². The number of nitrogens with zero attached hydrogens (tertiary/aromatic N) is 3. The van der Waals surface area contributed by atoms with Crippen LogP contribution in [0, 0.1) is 16.2 Å².